The fraction of sp³-hybridized carbons (Fsp3) is 0.227. The molecule has 27 heavy (non-hydrogen) atoms. The summed E-state index contributed by atoms with van der Waals surface area (Å²) < 4.78 is 0. The number of nitrogens with one attached hydrogen (secondary N) is 2. The van der Waals surface area contributed by atoms with Gasteiger partial charge in [-0.3, -0.25) is 4.79 Å². The van der Waals surface area contributed by atoms with Crippen molar-refractivity contribution in [2.45, 2.75) is 33.6 Å². The molecule has 1 amide bonds. The molecule has 0 saturated carbocycles. The van der Waals surface area contributed by atoms with Crippen LogP contribution in [0.5, 0.6) is 0 Å². The summed E-state index contributed by atoms with van der Waals surface area (Å²) in [6.07, 6.45) is 3.05. The Morgan fingerprint density at radius 1 is 0.963 bits per heavy atom. The third kappa shape index (κ3) is 4.70. The van der Waals surface area contributed by atoms with Gasteiger partial charge in [-0.1, -0.05) is 38.1 Å². The van der Waals surface area contributed by atoms with Crippen molar-refractivity contribution in [3.8, 4) is 0 Å². The molecule has 0 aliphatic carbocycles. The predicted molar refractivity (Wildman–Crippen MR) is 110 cm³/mol. The van der Waals surface area contributed by atoms with E-state index in [0.717, 1.165) is 16.9 Å². The number of aromatic nitrogens is 2. The minimum atomic E-state index is -0.270. The molecule has 0 radical (unpaired) electrons. The molecule has 0 aliphatic heterocycles. The molecule has 0 saturated heterocycles. The van der Waals surface area contributed by atoms with E-state index in [2.05, 4.69) is 40.5 Å². The van der Waals surface area contributed by atoms with Gasteiger partial charge in [-0.25, -0.2) is 9.97 Å². The molecule has 0 bridgehead atoms. The van der Waals surface area contributed by atoms with Crippen LogP contribution in [0.4, 0.5) is 17.2 Å². The van der Waals surface area contributed by atoms with E-state index in [-0.39, 0.29) is 11.6 Å². The van der Waals surface area contributed by atoms with E-state index in [1.54, 1.807) is 6.20 Å². The molecule has 0 aliphatic rings. The molecular formula is C22H24N4O. The van der Waals surface area contributed by atoms with Crippen molar-refractivity contribution >= 4 is 23.1 Å². The number of carbonyl (C=O) groups is 1. The summed E-state index contributed by atoms with van der Waals surface area (Å²) >= 11 is 0. The number of nitrogens with zero attached hydrogens (tertiary/aromatic N) is 2. The summed E-state index contributed by atoms with van der Waals surface area (Å²) in [7, 11) is 0. The van der Waals surface area contributed by atoms with Crippen LogP contribution >= 0.6 is 0 Å². The lowest BCUT2D eigenvalue weighted by Gasteiger charge is -2.13. The lowest BCUT2D eigenvalue weighted by Crippen LogP contribution is -2.15. The highest BCUT2D eigenvalue weighted by molar-refractivity contribution is 6.03. The van der Waals surface area contributed by atoms with Gasteiger partial charge < -0.3 is 10.6 Å². The van der Waals surface area contributed by atoms with Crippen molar-refractivity contribution in [2.75, 3.05) is 10.6 Å². The molecule has 5 heteroatoms. The van der Waals surface area contributed by atoms with Crippen molar-refractivity contribution in [2.24, 2.45) is 0 Å². The summed E-state index contributed by atoms with van der Waals surface area (Å²) in [5.41, 5.74) is 5.46. The Morgan fingerprint density at radius 2 is 1.67 bits per heavy atom. The fourth-order valence-electron chi connectivity index (χ4n) is 3.01. The molecule has 0 unspecified atom stereocenters. The first-order valence-electron chi connectivity index (χ1n) is 9.00. The maximum absolute atomic E-state index is 12.5. The number of hydrogen-bond acceptors (Lipinski definition) is 4. The van der Waals surface area contributed by atoms with E-state index >= 15 is 0 Å². The quantitative estimate of drug-likeness (QED) is 0.655. The van der Waals surface area contributed by atoms with Crippen LogP contribution in [-0.2, 0) is 0 Å². The highest BCUT2D eigenvalue weighted by Crippen LogP contribution is 2.24. The summed E-state index contributed by atoms with van der Waals surface area (Å²) in [4.78, 5) is 21.1. The summed E-state index contributed by atoms with van der Waals surface area (Å²) in [5.74, 6) is 0.643. The number of rotatable bonds is 5. The van der Waals surface area contributed by atoms with Crippen molar-refractivity contribution < 1.29 is 4.79 Å². The number of hydrogen-bond donors (Lipinski definition) is 2. The lowest BCUT2D eigenvalue weighted by molar-refractivity contribution is 0.102. The standard InChI is InChI=1S/C22H24N4O/c1-14(2)18-7-5-6-8-19(18)26-22(27)20-12-24-21(13-23-20)25-17-10-15(3)9-16(4)11-17/h5-14H,1-4H3,(H,24,25)(H,26,27). The molecule has 2 aromatic carbocycles. The van der Waals surface area contributed by atoms with E-state index < -0.39 is 0 Å². The summed E-state index contributed by atoms with van der Waals surface area (Å²) in [6, 6.07) is 14.0. The molecule has 0 fully saturated rings. The largest absolute Gasteiger partial charge is 0.339 e. The van der Waals surface area contributed by atoms with Crippen LogP contribution in [0.3, 0.4) is 0 Å². The average molecular weight is 360 g/mol. The SMILES string of the molecule is Cc1cc(C)cc(Nc2cnc(C(=O)Nc3ccccc3C(C)C)cn2)c1. The molecule has 0 spiro atoms. The van der Waals surface area contributed by atoms with Crippen LogP contribution in [0.25, 0.3) is 0 Å². The van der Waals surface area contributed by atoms with Gasteiger partial charge in [0, 0.05) is 11.4 Å². The van der Waals surface area contributed by atoms with Crippen LogP contribution in [-0.4, -0.2) is 15.9 Å². The third-order valence-corrected chi connectivity index (χ3v) is 4.21. The Bertz CT molecular complexity index is 929. The molecule has 138 valence electrons. The van der Waals surface area contributed by atoms with E-state index in [0.29, 0.717) is 11.7 Å². The summed E-state index contributed by atoms with van der Waals surface area (Å²) in [6.45, 7) is 8.29. The van der Waals surface area contributed by atoms with Gasteiger partial charge in [0.2, 0.25) is 0 Å². The molecule has 3 rings (SSSR count). The molecule has 1 heterocycles. The number of benzene rings is 2. The highest BCUT2D eigenvalue weighted by Gasteiger charge is 2.12. The van der Waals surface area contributed by atoms with Gasteiger partial charge in [-0.05, 0) is 54.7 Å². The van der Waals surface area contributed by atoms with Gasteiger partial charge in [-0.2, -0.15) is 0 Å². The van der Waals surface area contributed by atoms with E-state index in [9.17, 15) is 4.79 Å². The van der Waals surface area contributed by atoms with Crippen molar-refractivity contribution in [3.63, 3.8) is 0 Å². The number of amides is 1. The fourth-order valence-corrected chi connectivity index (χ4v) is 3.01. The van der Waals surface area contributed by atoms with Gasteiger partial charge in [0.15, 0.2) is 0 Å². The lowest BCUT2D eigenvalue weighted by atomic mass is 10.0. The Labute approximate surface area is 159 Å². The maximum atomic E-state index is 12.5. The number of aryl methyl sites for hydroxylation is 2. The van der Waals surface area contributed by atoms with Crippen LogP contribution in [0, 0.1) is 13.8 Å². The minimum Gasteiger partial charge on any atom is -0.339 e. The van der Waals surface area contributed by atoms with Gasteiger partial charge in [0.1, 0.15) is 11.5 Å². The smallest absolute Gasteiger partial charge is 0.275 e. The Kier molecular flexibility index (Phi) is 5.50. The average Bonchev–Trinajstić information content (AvgIpc) is 2.61. The zero-order valence-corrected chi connectivity index (χ0v) is 16.1. The van der Waals surface area contributed by atoms with Crippen LogP contribution in [0.2, 0.25) is 0 Å². The van der Waals surface area contributed by atoms with Gasteiger partial charge >= 0.3 is 0 Å². The van der Waals surface area contributed by atoms with Crippen molar-refractivity contribution in [1.29, 1.82) is 0 Å². The molecule has 1 aromatic heterocycles. The van der Waals surface area contributed by atoms with Crippen LogP contribution < -0.4 is 10.6 Å². The molecule has 5 nitrogen and oxygen atoms in total. The monoisotopic (exact) mass is 360 g/mol. The van der Waals surface area contributed by atoms with E-state index in [1.165, 1.54) is 17.3 Å². The van der Waals surface area contributed by atoms with Gasteiger partial charge in [0.05, 0.1) is 12.4 Å². The Morgan fingerprint density at radius 3 is 2.30 bits per heavy atom. The second-order valence-electron chi connectivity index (χ2n) is 6.98. The van der Waals surface area contributed by atoms with E-state index in [1.807, 2.05) is 50.2 Å². The molecule has 2 N–H and O–H groups in total. The Hall–Kier alpha value is -3.21. The zero-order chi connectivity index (χ0) is 19.4. The van der Waals surface area contributed by atoms with E-state index in [4.69, 9.17) is 0 Å². The third-order valence-electron chi connectivity index (χ3n) is 4.21. The van der Waals surface area contributed by atoms with Gasteiger partial charge in [0.25, 0.3) is 5.91 Å². The highest BCUT2D eigenvalue weighted by atomic mass is 16.1. The van der Waals surface area contributed by atoms with Crippen molar-refractivity contribution in [1.82, 2.24) is 9.97 Å². The predicted octanol–water partition coefficient (Wildman–Crippen LogP) is 5.21. The number of anilines is 3. The second kappa shape index (κ2) is 7.99. The first-order valence-corrected chi connectivity index (χ1v) is 9.00. The first kappa shape index (κ1) is 18.6. The first-order chi connectivity index (χ1) is 12.9. The maximum Gasteiger partial charge on any atom is 0.275 e. The summed E-state index contributed by atoms with van der Waals surface area (Å²) in [5, 5.41) is 6.15. The molecule has 3 aromatic rings. The number of carbonyl (C=O) groups excluding carboxylic acids is 1. The van der Waals surface area contributed by atoms with Crippen LogP contribution in [0.1, 0.15) is 46.9 Å². The topological polar surface area (TPSA) is 66.9 Å². The second-order valence-corrected chi connectivity index (χ2v) is 6.98. The molecule has 0 atom stereocenters. The minimum absolute atomic E-state index is 0.270. The normalized spacial score (nSPS) is 10.7. The zero-order valence-electron chi connectivity index (χ0n) is 16.1. The van der Waals surface area contributed by atoms with Gasteiger partial charge in [-0.15, -0.1) is 0 Å². The number of para-hydroxylation sites is 1. The molecular weight excluding hydrogens is 336 g/mol. The Balaban J connectivity index is 1.72. The van der Waals surface area contributed by atoms with Crippen molar-refractivity contribution in [3.05, 3.63) is 77.2 Å². The van der Waals surface area contributed by atoms with Crippen LogP contribution in [0.15, 0.2) is 54.9 Å².